The highest BCUT2D eigenvalue weighted by Crippen LogP contribution is 2.32. The minimum absolute atomic E-state index is 0.0361. The van der Waals surface area contributed by atoms with Crippen LogP contribution in [0.25, 0.3) is 6.08 Å². The first-order chi connectivity index (χ1) is 11.7. The molecule has 0 atom stereocenters. The summed E-state index contributed by atoms with van der Waals surface area (Å²) in [5, 5.41) is 12.0. The van der Waals surface area contributed by atoms with Crippen molar-refractivity contribution in [2.75, 3.05) is 18.5 Å². The Morgan fingerprint density at radius 2 is 1.92 bits per heavy atom. The van der Waals surface area contributed by atoms with Gasteiger partial charge in [0.05, 0.1) is 0 Å². The van der Waals surface area contributed by atoms with E-state index < -0.39 is 5.91 Å². The average Bonchev–Trinajstić information content (AvgIpc) is 2.61. The average molecular weight is 432 g/mol. The number of carbonyl (C=O) groups is 1. The van der Waals surface area contributed by atoms with Crippen LogP contribution in [-0.4, -0.2) is 19.1 Å². The zero-order chi connectivity index (χ0) is 16.9. The lowest BCUT2D eigenvalue weighted by molar-refractivity contribution is -0.112. The number of hydrogen-bond acceptors (Lipinski definition) is 4. The summed E-state index contributed by atoms with van der Waals surface area (Å²) in [6.07, 6.45) is 1.58. The Labute approximate surface area is 153 Å². The van der Waals surface area contributed by atoms with Crippen molar-refractivity contribution in [1.82, 2.24) is 0 Å². The number of amides is 1. The first-order valence-corrected chi connectivity index (χ1v) is 8.32. The Morgan fingerprint density at radius 3 is 2.67 bits per heavy atom. The number of fused-ring (bicyclic) bond motifs is 1. The molecule has 1 N–H and O–H groups in total. The molecule has 0 saturated heterocycles. The Balaban J connectivity index is 1.80. The molecule has 0 saturated carbocycles. The van der Waals surface area contributed by atoms with E-state index in [1.54, 1.807) is 24.3 Å². The number of hydrogen-bond donors (Lipinski definition) is 1. The molecule has 0 aliphatic carbocycles. The van der Waals surface area contributed by atoms with E-state index in [0.717, 1.165) is 9.13 Å². The summed E-state index contributed by atoms with van der Waals surface area (Å²) < 4.78 is 11.9. The molecule has 6 heteroatoms. The zero-order valence-corrected chi connectivity index (χ0v) is 14.7. The first kappa shape index (κ1) is 16.3. The zero-order valence-electron chi connectivity index (χ0n) is 12.6. The van der Waals surface area contributed by atoms with Gasteiger partial charge in [-0.3, -0.25) is 4.79 Å². The molecule has 1 heterocycles. The van der Waals surface area contributed by atoms with E-state index in [-0.39, 0.29) is 5.57 Å². The number of nitrogens with zero attached hydrogens (tertiary/aromatic N) is 1. The normalized spacial score (nSPS) is 13.1. The topological polar surface area (TPSA) is 71.4 Å². The van der Waals surface area contributed by atoms with E-state index >= 15 is 0 Å². The maximum absolute atomic E-state index is 12.4. The van der Waals surface area contributed by atoms with E-state index in [0.29, 0.717) is 30.4 Å². The van der Waals surface area contributed by atoms with Gasteiger partial charge in [-0.05, 0) is 52.4 Å². The fourth-order valence-electron chi connectivity index (χ4n) is 2.22. The van der Waals surface area contributed by atoms with Crippen molar-refractivity contribution in [3.8, 4) is 17.6 Å². The molecule has 1 aliphatic heterocycles. The van der Waals surface area contributed by atoms with Gasteiger partial charge in [-0.1, -0.05) is 18.2 Å². The van der Waals surface area contributed by atoms with Crippen molar-refractivity contribution >= 4 is 40.3 Å². The first-order valence-electron chi connectivity index (χ1n) is 7.25. The Bertz CT molecular complexity index is 856. The fraction of sp³-hybridized carbons (Fsp3) is 0.111. The molecule has 2 aromatic carbocycles. The lowest BCUT2D eigenvalue weighted by atomic mass is 10.1. The summed E-state index contributed by atoms with van der Waals surface area (Å²) in [6.45, 7) is 0.982. The second kappa shape index (κ2) is 7.36. The fourth-order valence-corrected chi connectivity index (χ4v) is 2.76. The van der Waals surface area contributed by atoms with Crippen molar-refractivity contribution in [2.24, 2.45) is 0 Å². The van der Waals surface area contributed by atoms with Crippen LogP contribution in [0.5, 0.6) is 11.5 Å². The summed E-state index contributed by atoms with van der Waals surface area (Å²) in [4.78, 5) is 12.4. The lowest BCUT2D eigenvalue weighted by Gasteiger charge is -2.18. The minimum atomic E-state index is -0.464. The largest absolute Gasteiger partial charge is 0.486 e. The van der Waals surface area contributed by atoms with Gasteiger partial charge in [-0.15, -0.1) is 0 Å². The van der Waals surface area contributed by atoms with Crippen LogP contribution >= 0.6 is 22.6 Å². The van der Waals surface area contributed by atoms with Crippen molar-refractivity contribution in [1.29, 1.82) is 5.26 Å². The molecule has 24 heavy (non-hydrogen) atoms. The van der Waals surface area contributed by atoms with Gasteiger partial charge in [0.25, 0.3) is 5.91 Å². The van der Waals surface area contributed by atoms with E-state index in [2.05, 4.69) is 27.9 Å². The lowest BCUT2D eigenvalue weighted by Crippen LogP contribution is -2.17. The van der Waals surface area contributed by atoms with Gasteiger partial charge in [-0.25, -0.2) is 0 Å². The minimum Gasteiger partial charge on any atom is -0.486 e. The van der Waals surface area contributed by atoms with Crippen LogP contribution in [0, 0.1) is 14.9 Å². The van der Waals surface area contributed by atoms with Crippen LogP contribution in [0.4, 0.5) is 5.69 Å². The van der Waals surface area contributed by atoms with Gasteiger partial charge < -0.3 is 14.8 Å². The van der Waals surface area contributed by atoms with Crippen molar-refractivity contribution in [3.05, 3.63) is 57.2 Å². The van der Waals surface area contributed by atoms with Crippen LogP contribution in [0.2, 0.25) is 0 Å². The van der Waals surface area contributed by atoms with Crippen LogP contribution in [0.15, 0.2) is 48.0 Å². The highest BCUT2D eigenvalue weighted by atomic mass is 127. The third-order valence-electron chi connectivity index (χ3n) is 3.37. The van der Waals surface area contributed by atoms with Crippen LogP contribution in [0.1, 0.15) is 5.56 Å². The van der Waals surface area contributed by atoms with Gasteiger partial charge in [0, 0.05) is 15.3 Å². The molecule has 0 fully saturated rings. The molecule has 120 valence electrons. The molecule has 0 spiro atoms. The number of carbonyl (C=O) groups excluding carboxylic acids is 1. The van der Waals surface area contributed by atoms with E-state index in [4.69, 9.17) is 9.47 Å². The molecule has 0 radical (unpaired) electrons. The maximum Gasteiger partial charge on any atom is 0.266 e. The van der Waals surface area contributed by atoms with Crippen LogP contribution in [0.3, 0.4) is 0 Å². The highest BCUT2D eigenvalue weighted by molar-refractivity contribution is 14.1. The summed E-state index contributed by atoms with van der Waals surface area (Å²) in [6, 6.07) is 14.6. The van der Waals surface area contributed by atoms with E-state index in [1.165, 1.54) is 0 Å². The molecule has 0 bridgehead atoms. The molecule has 0 aromatic heterocycles. The number of ether oxygens (including phenoxy) is 2. The predicted octanol–water partition coefficient (Wildman–Crippen LogP) is 3.61. The van der Waals surface area contributed by atoms with Crippen LogP contribution in [-0.2, 0) is 4.79 Å². The number of benzene rings is 2. The smallest absolute Gasteiger partial charge is 0.266 e. The van der Waals surface area contributed by atoms with Gasteiger partial charge in [0.15, 0.2) is 11.5 Å². The molecule has 2 aromatic rings. The number of rotatable bonds is 3. The molecular formula is C18H13IN2O3. The Hall–Kier alpha value is -2.53. The standard InChI is InChI=1S/C18H13IN2O3/c19-15-4-2-1-3-12(15)9-13(11-20)18(22)21-14-5-6-16-17(10-14)24-8-7-23-16/h1-6,9-10H,7-8H2,(H,21,22). The SMILES string of the molecule is N#CC(=Cc1ccccc1I)C(=O)Nc1ccc2c(c1)OCCO2. The van der Waals surface area contributed by atoms with Gasteiger partial charge in [0.2, 0.25) is 0 Å². The van der Waals surface area contributed by atoms with Gasteiger partial charge >= 0.3 is 0 Å². The number of anilines is 1. The van der Waals surface area contributed by atoms with Crippen LogP contribution < -0.4 is 14.8 Å². The molecule has 1 aliphatic rings. The Kier molecular flexibility index (Phi) is 5.01. The van der Waals surface area contributed by atoms with Crippen molar-refractivity contribution in [2.45, 2.75) is 0 Å². The van der Waals surface area contributed by atoms with Gasteiger partial charge in [0.1, 0.15) is 24.9 Å². The van der Waals surface area contributed by atoms with E-state index in [9.17, 15) is 10.1 Å². The summed E-state index contributed by atoms with van der Waals surface area (Å²) in [7, 11) is 0. The van der Waals surface area contributed by atoms with Crippen molar-refractivity contribution < 1.29 is 14.3 Å². The molecular weight excluding hydrogens is 419 g/mol. The highest BCUT2D eigenvalue weighted by Gasteiger charge is 2.14. The second-order valence-electron chi connectivity index (χ2n) is 5.00. The summed E-state index contributed by atoms with van der Waals surface area (Å²) in [5.74, 6) is 0.766. The van der Waals surface area contributed by atoms with Crippen molar-refractivity contribution in [3.63, 3.8) is 0 Å². The number of nitrogens with one attached hydrogen (secondary N) is 1. The van der Waals surface area contributed by atoms with Gasteiger partial charge in [-0.2, -0.15) is 5.26 Å². The second-order valence-corrected chi connectivity index (χ2v) is 6.17. The maximum atomic E-state index is 12.4. The monoisotopic (exact) mass is 432 g/mol. The third kappa shape index (κ3) is 3.68. The molecule has 5 nitrogen and oxygen atoms in total. The summed E-state index contributed by atoms with van der Waals surface area (Å²) >= 11 is 2.16. The molecule has 1 amide bonds. The Morgan fingerprint density at radius 1 is 1.17 bits per heavy atom. The summed E-state index contributed by atoms with van der Waals surface area (Å²) in [5.41, 5.74) is 1.41. The van der Waals surface area contributed by atoms with E-state index in [1.807, 2.05) is 30.3 Å². The third-order valence-corrected chi connectivity index (χ3v) is 4.35. The molecule has 0 unspecified atom stereocenters. The predicted molar refractivity (Wildman–Crippen MR) is 98.8 cm³/mol. The number of halogens is 1. The number of nitriles is 1. The quantitative estimate of drug-likeness (QED) is 0.457. The molecule has 3 rings (SSSR count).